The van der Waals surface area contributed by atoms with E-state index >= 15 is 0 Å². The third-order valence-corrected chi connectivity index (χ3v) is 5.43. The maximum Gasteiger partial charge on any atom is 0.330 e. The minimum atomic E-state index is -0.402. The van der Waals surface area contributed by atoms with Crippen molar-refractivity contribution in [2.75, 3.05) is 13.2 Å². The van der Waals surface area contributed by atoms with Crippen LogP contribution in [-0.2, 0) is 16.1 Å². The first-order valence-corrected chi connectivity index (χ1v) is 10.1. The Morgan fingerprint density at radius 1 is 1.10 bits per heavy atom. The maximum absolute atomic E-state index is 11.4. The van der Waals surface area contributed by atoms with Crippen LogP contribution in [0.15, 0.2) is 67.3 Å². The van der Waals surface area contributed by atoms with Gasteiger partial charge in [-0.1, -0.05) is 50.8 Å². The Balaban J connectivity index is 1.82. The SMILES string of the molecule is C=CC(=O)OCC(C)(CC)COc1ccc2cc(-c3ccccc3)n(CC)c2c1. The number of rotatable bonds is 9. The molecule has 3 aromatic rings. The molecule has 0 spiro atoms. The molecular formula is C25H29NO3. The molecule has 1 atom stereocenters. The largest absolute Gasteiger partial charge is 0.493 e. The van der Waals surface area contributed by atoms with Crippen molar-refractivity contribution in [3.8, 4) is 17.0 Å². The zero-order valence-electron chi connectivity index (χ0n) is 17.5. The molecule has 2 aromatic carbocycles. The van der Waals surface area contributed by atoms with Gasteiger partial charge in [0.25, 0.3) is 0 Å². The van der Waals surface area contributed by atoms with Gasteiger partial charge in [0, 0.05) is 35.2 Å². The van der Waals surface area contributed by atoms with Crippen LogP contribution in [0.25, 0.3) is 22.2 Å². The predicted molar refractivity (Wildman–Crippen MR) is 118 cm³/mol. The van der Waals surface area contributed by atoms with E-state index in [0.29, 0.717) is 13.2 Å². The summed E-state index contributed by atoms with van der Waals surface area (Å²) in [5.74, 6) is 0.417. The van der Waals surface area contributed by atoms with Crippen LogP contribution in [0.2, 0.25) is 0 Å². The Bertz CT molecular complexity index is 990. The van der Waals surface area contributed by atoms with Gasteiger partial charge in [0.15, 0.2) is 0 Å². The smallest absolute Gasteiger partial charge is 0.330 e. The molecule has 29 heavy (non-hydrogen) atoms. The van der Waals surface area contributed by atoms with Crippen molar-refractivity contribution in [2.24, 2.45) is 5.41 Å². The van der Waals surface area contributed by atoms with Gasteiger partial charge in [-0.05, 0) is 37.1 Å². The first-order chi connectivity index (χ1) is 14.0. The molecule has 4 nitrogen and oxygen atoms in total. The third-order valence-electron chi connectivity index (χ3n) is 5.43. The molecule has 0 bridgehead atoms. The Hall–Kier alpha value is -3.01. The lowest BCUT2D eigenvalue weighted by atomic mass is 9.90. The highest BCUT2D eigenvalue weighted by molar-refractivity contribution is 5.88. The topological polar surface area (TPSA) is 40.5 Å². The summed E-state index contributed by atoms with van der Waals surface area (Å²) in [4.78, 5) is 11.4. The zero-order chi connectivity index (χ0) is 20.9. The molecule has 3 rings (SSSR count). The van der Waals surface area contributed by atoms with E-state index in [0.717, 1.165) is 24.2 Å². The highest BCUT2D eigenvalue weighted by Gasteiger charge is 2.25. The Morgan fingerprint density at radius 3 is 2.52 bits per heavy atom. The summed E-state index contributed by atoms with van der Waals surface area (Å²) in [6, 6.07) is 18.8. The van der Waals surface area contributed by atoms with Crippen molar-refractivity contribution < 1.29 is 14.3 Å². The molecule has 4 heteroatoms. The van der Waals surface area contributed by atoms with Gasteiger partial charge in [0.1, 0.15) is 12.4 Å². The van der Waals surface area contributed by atoms with Crippen LogP contribution in [0.5, 0.6) is 5.75 Å². The van der Waals surface area contributed by atoms with Crippen LogP contribution >= 0.6 is 0 Å². The van der Waals surface area contributed by atoms with Crippen molar-refractivity contribution in [2.45, 2.75) is 33.7 Å². The normalized spacial score (nSPS) is 13.1. The van der Waals surface area contributed by atoms with E-state index in [2.05, 4.69) is 74.4 Å². The molecule has 0 saturated carbocycles. The number of carbonyl (C=O) groups excluding carboxylic acids is 1. The van der Waals surface area contributed by atoms with E-state index in [9.17, 15) is 4.79 Å². The van der Waals surface area contributed by atoms with Gasteiger partial charge in [-0.15, -0.1) is 0 Å². The number of nitrogens with zero attached hydrogens (tertiary/aromatic N) is 1. The van der Waals surface area contributed by atoms with Gasteiger partial charge in [-0.3, -0.25) is 0 Å². The minimum absolute atomic E-state index is 0.254. The standard InChI is InChI=1S/C25H29NO3/c1-5-24(27)29-18-25(4,6-2)17-28-21-14-13-20-15-22(19-11-9-8-10-12-19)26(7-3)23(20)16-21/h5,8-16H,1,6-7,17-18H2,2-4H3. The third kappa shape index (κ3) is 4.70. The second kappa shape index (κ2) is 8.99. The second-order valence-electron chi connectivity index (χ2n) is 7.63. The fraction of sp³-hybridized carbons (Fsp3) is 0.320. The number of esters is 1. The summed E-state index contributed by atoms with van der Waals surface area (Å²) < 4.78 is 13.7. The number of carbonyl (C=O) groups is 1. The van der Waals surface area contributed by atoms with Crippen LogP contribution in [0.1, 0.15) is 27.2 Å². The van der Waals surface area contributed by atoms with E-state index in [1.165, 1.54) is 22.7 Å². The molecule has 0 saturated heterocycles. The van der Waals surface area contributed by atoms with E-state index in [-0.39, 0.29) is 5.41 Å². The predicted octanol–water partition coefficient (Wildman–Crippen LogP) is 5.85. The van der Waals surface area contributed by atoms with Crippen LogP contribution in [0, 0.1) is 5.41 Å². The van der Waals surface area contributed by atoms with Crippen molar-refractivity contribution in [3.63, 3.8) is 0 Å². The number of aryl methyl sites for hydroxylation is 1. The highest BCUT2D eigenvalue weighted by atomic mass is 16.5. The number of benzene rings is 2. The average molecular weight is 392 g/mol. The molecule has 0 N–H and O–H groups in total. The summed E-state index contributed by atoms with van der Waals surface area (Å²) in [5, 5.41) is 1.19. The Kier molecular flexibility index (Phi) is 6.42. The van der Waals surface area contributed by atoms with Crippen LogP contribution in [0.4, 0.5) is 0 Å². The van der Waals surface area contributed by atoms with Crippen molar-refractivity contribution in [3.05, 3.63) is 67.3 Å². The van der Waals surface area contributed by atoms with Gasteiger partial charge < -0.3 is 14.0 Å². The van der Waals surface area contributed by atoms with Crippen molar-refractivity contribution >= 4 is 16.9 Å². The summed E-state index contributed by atoms with van der Waals surface area (Å²) in [5.41, 5.74) is 3.31. The molecule has 1 unspecified atom stereocenters. The van der Waals surface area contributed by atoms with Gasteiger partial charge in [0.2, 0.25) is 0 Å². The fourth-order valence-electron chi connectivity index (χ4n) is 3.32. The molecule has 1 heterocycles. The number of aromatic nitrogens is 1. The first-order valence-electron chi connectivity index (χ1n) is 10.1. The number of hydrogen-bond acceptors (Lipinski definition) is 3. The van der Waals surface area contributed by atoms with Gasteiger partial charge in [0.05, 0.1) is 12.1 Å². The molecule has 152 valence electrons. The van der Waals surface area contributed by atoms with E-state index in [1.54, 1.807) is 0 Å². The van der Waals surface area contributed by atoms with E-state index in [4.69, 9.17) is 9.47 Å². The van der Waals surface area contributed by atoms with Gasteiger partial charge in [-0.25, -0.2) is 4.79 Å². The minimum Gasteiger partial charge on any atom is -0.493 e. The summed E-state index contributed by atoms with van der Waals surface area (Å²) in [6.07, 6.45) is 2.03. The average Bonchev–Trinajstić information content (AvgIpc) is 3.14. The fourth-order valence-corrected chi connectivity index (χ4v) is 3.32. The van der Waals surface area contributed by atoms with Crippen LogP contribution in [0.3, 0.4) is 0 Å². The lowest BCUT2D eigenvalue weighted by Gasteiger charge is -2.27. The molecule has 0 radical (unpaired) electrons. The summed E-state index contributed by atoms with van der Waals surface area (Å²) >= 11 is 0. The molecule has 0 aliphatic carbocycles. The first kappa shape index (κ1) is 20.7. The van der Waals surface area contributed by atoms with E-state index in [1.807, 2.05) is 12.1 Å². The quantitative estimate of drug-likeness (QED) is 0.339. The number of ether oxygens (including phenoxy) is 2. The maximum atomic E-state index is 11.4. The number of hydrogen-bond donors (Lipinski definition) is 0. The Morgan fingerprint density at radius 2 is 1.86 bits per heavy atom. The number of fused-ring (bicyclic) bond motifs is 1. The lowest BCUT2D eigenvalue weighted by molar-refractivity contribution is -0.141. The lowest BCUT2D eigenvalue weighted by Crippen LogP contribution is -2.30. The van der Waals surface area contributed by atoms with Gasteiger partial charge >= 0.3 is 5.97 Å². The van der Waals surface area contributed by atoms with Crippen LogP contribution < -0.4 is 4.74 Å². The molecular weight excluding hydrogens is 362 g/mol. The Labute approximate surface area is 172 Å². The molecule has 0 aliphatic heterocycles. The monoisotopic (exact) mass is 391 g/mol. The van der Waals surface area contributed by atoms with Crippen molar-refractivity contribution in [1.82, 2.24) is 4.57 Å². The van der Waals surface area contributed by atoms with E-state index < -0.39 is 5.97 Å². The summed E-state index contributed by atoms with van der Waals surface area (Å²) in [7, 11) is 0. The highest BCUT2D eigenvalue weighted by Crippen LogP contribution is 2.31. The zero-order valence-corrected chi connectivity index (χ0v) is 17.5. The van der Waals surface area contributed by atoms with Crippen LogP contribution in [-0.4, -0.2) is 23.8 Å². The van der Waals surface area contributed by atoms with Gasteiger partial charge in [-0.2, -0.15) is 0 Å². The molecule has 1 aromatic heterocycles. The summed E-state index contributed by atoms with van der Waals surface area (Å²) in [6.45, 7) is 11.4. The van der Waals surface area contributed by atoms with Crippen molar-refractivity contribution in [1.29, 1.82) is 0 Å². The molecule has 0 aliphatic rings. The second-order valence-corrected chi connectivity index (χ2v) is 7.63. The molecule has 0 amide bonds. The molecule has 0 fully saturated rings.